The lowest BCUT2D eigenvalue weighted by molar-refractivity contribution is -0.419. The maximum atomic E-state index is 6.99. The standard InChI is InChI=1S/C7H14N2/c1-5(2)7(4-8)6(3)9/h4,6-8H,1,9H2,2-3H3/p+1. The Morgan fingerprint density at radius 1 is 1.78 bits per heavy atom. The normalized spacial score (nSPS) is 16.3. The number of hydrogen-bond acceptors (Lipinski definition) is 1. The minimum absolute atomic E-state index is 0.157. The summed E-state index contributed by atoms with van der Waals surface area (Å²) in [6, 6.07) is 0.264. The Bertz CT molecular complexity index is 116. The van der Waals surface area contributed by atoms with Gasteiger partial charge < -0.3 is 11.1 Å². The second kappa shape index (κ2) is 3.41. The van der Waals surface area contributed by atoms with E-state index in [-0.39, 0.29) is 12.0 Å². The summed E-state index contributed by atoms with van der Waals surface area (Å²) >= 11 is 0. The van der Waals surface area contributed by atoms with Crippen molar-refractivity contribution in [3.63, 3.8) is 0 Å². The minimum Gasteiger partial charge on any atom is -0.355 e. The monoisotopic (exact) mass is 127 g/mol. The zero-order chi connectivity index (χ0) is 7.44. The summed E-state index contributed by atoms with van der Waals surface area (Å²) in [7, 11) is 0. The number of nitrogens with one attached hydrogen (secondary N) is 1. The molecule has 0 radical (unpaired) electrons. The third kappa shape index (κ3) is 2.42. The molecule has 0 saturated carbocycles. The molecule has 0 aromatic heterocycles. The number of rotatable bonds is 3. The van der Waals surface area contributed by atoms with Crippen LogP contribution in [0.1, 0.15) is 13.8 Å². The Morgan fingerprint density at radius 3 is 2.22 bits per heavy atom. The van der Waals surface area contributed by atoms with Gasteiger partial charge in [0.1, 0.15) is 0 Å². The molecule has 0 saturated heterocycles. The van der Waals surface area contributed by atoms with Crippen LogP contribution in [-0.4, -0.2) is 12.3 Å². The molecule has 0 bridgehead atoms. The van der Waals surface area contributed by atoms with Gasteiger partial charge in [0, 0.05) is 6.21 Å². The first kappa shape index (κ1) is 8.37. The van der Waals surface area contributed by atoms with Crippen molar-refractivity contribution in [2.24, 2.45) is 5.92 Å². The summed E-state index contributed by atoms with van der Waals surface area (Å²) in [6.07, 6.45) is 1.40. The van der Waals surface area contributed by atoms with Crippen molar-refractivity contribution < 1.29 is 5.73 Å². The molecule has 2 nitrogen and oxygen atoms in total. The van der Waals surface area contributed by atoms with Gasteiger partial charge in [0.15, 0.2) is 0 Å². The Labute approximate surface area is 56.3 Å². The second-order valence-corrected chi connectivity index (χ2v) is 2.52. The van der Waals surface area contributed by atoms with E-state index in [1.807, 2.05) is 13.8 Å². The molecule has 0 aliphatic rings. The molecule has 4 N–H and O–H groups in total. The van der Waals surface area contributed by atoms with Crippen molar-refractivity contribution in [1.82, 2.24) is 0 Å². The summed E-state index contributed by atoms with van der Waals surface area (Å²) < 4.78 is 0. The first-order valence-corrected chi connectivity index (χ1v) is 3.08. The van der Waals surface area contributed by atoms with Gasteiger partial charge in [-0.1, -0.05) is 12.2 Å². The maximum Gasteiger partial charge on any atom is 0.0931 e. The Hall–Kier alpha value is -0.630. The van der Waals surface area contributed by atoms with Crippen LogP contribution < -0.4 is 5.73 Å². The highest BCUT2D eigenvalue weighted by atomic mass is 14.6. The molecular weight excluding hydrogens is 112 g/mol. The predicted molar refractivity (Wildman–Crippen MR) is 39.4 cm³/mol. The molecule has 0 aliphatic carbocycles. The summed E-state index contributed by atoms with van der Waals surface area (Å²) in [4.78, 5) is 0. The fraction of sp³-hybridized carbons (Fsp3) is 0.571. The van der Waals surface area contributed by atoms with Gasteiger partial charge in [-0.15, -0.1) is 0 Å². The van der Waals surface area contributed by atoms with E-state index in [0.717, 1.165) is 5.57 Å². The molecule has 0 rings (SSSR count). The maximum absolute atomic E-state index is 6.99. The quantitative estimate of drug-likeness (QED) is 0.409. The lowest BCUT2D eigenvalue weighted by Crippen LogP contribution is -2.63. The average Bonchev–Trinajstić information content (AvgIpc) is 1.64. The Balaban J connectivity index is 3.98. The van der Waals surface area contributed by atoms with Crippen LogP contribution in [0, 0.1) is 11.3 Å². The van der Waals surface area contributed by atoms with E-state index >= 15 is 0 Å². The van der Waals surface area contributed by atoms with E-state index in [4.69, 9.17) is 5.41 Å². The topological polar surface area (TPSA) is 51.5 Å². The molecule has 0 spiro atoms. The molecule has 0 aromatic carbocycles. The van der Waals surface area contributed by atoms with E-state index in [9.17, 15) is 0 Å². The van der Waals surface area contributed by atoms with Gasteiger partial charge in [-0.2, -0.15) is 0 Å². The zero-order valence-electron chi connectivity index (χ0n) is 6.15. The van der Waals surface area contributed by atoms with E-state index in [2.05, 4.69) is 12.3 Å². The van der Waals surface area contributed by atoms with Gasteiger partial charge >= 0.3 is 0 Å². The predicted octanol–water partition coefficient (Wildman–Crippen LogP) is 0.459. The lowest BCUT2D eigenvalue weighted by Gasteiger charge is -2.11. The van der Waals surface area contributed by atoms with Crippen LogP contribution in [0.4, 0.5) is 0 Å². The summed E-state index contributed by atoms with van der Waals surface area (Å²) in [5, 5.41) is 6.99. The minimum atomic E-state index is 0.157. The molecule has 9 heavy (non-hydrogen) atoms. The zero-order valence-corrected chi connectivity index (χ0v) is 6.15. The van der Waals surface area contributed by atoms with E-state index < -0.39 is 0 Å². The lowest BCUT2D eigenvalue weighted by atomic mass is 9.97. The van der Waals surface area contributed by atoms with Crippen molar-refractivity contribution in [2.75, 3.05) is 0 Å². The first-order valence-electron chi connectivity index (χ1n) is 3.08. The molecule has 0 aromatic rings. The summed E-state index contributed by atoms with van der Waals surface area (Å²) in [6.45, 7) is 7.67. The highest BCUT2D eigenvalue weighted by Crippen LogP contribution is 2.06. The van der Waals surface area contributed by atoms with Crippen molar-refractivity contribution in [3.05, 3.63) is 12.2 Å². The Morgan fingerprint density at radius 2 is 2.22 bits per heavy atom. The molecule has 0 aliphatic heterocycles. The van der Waals surface area contributed by atoms with Gasteiger partial charge in [-0.25, -0.2) is 0 Å². The van der Waals surface area contributed by atoms with Crippen molar-refractivity contribution >= 4 is 6.21 Å². The summed E-state index contributed by atoms with van der Waals surface area (Å²) in [5.74, 6) is 0.157. The van der Waals surface area contributed by atoms with Gasteiger partial charge in [-0.05, 0) is 13.8 Å². The SMILES string of the molecule is C=C(C)C(C=N)C(C)[NH3+]. The van der Waals surface area contributed by atoms with Gasteiger partial charge in [-0.3, -0.25) is 0 Å². The average molecular weight is 127 g/mol. The van der Waals surface area contributed by atoms with Crippen LogP contribution in [0.25, 0.3) is 0 Å². The Kier molecular flexibility index (Phi) is 3.17. The third-order valence-electron chi connectivity index (χ3n) is 1.36. The molecule has 2 atom stereocenters. The van der Waals surface area contributed by atoms with Crippen LogP contribution in [0.15, 0.2) is 12.2 Å². The molecule has 0 fully saturated rings. The van der Waals surface area contributed by atoms with Crippen molar-refractivity contribution in [3.8, 4) is 0 Å². The number of hydrogen-bond donors (Lipinski definition) is 2. The van der Waals surface area contributed by atoms with E-state index in [1.165, 1.54) is 6.21 Å². The number of quaternary nitrogens is 1. The van der Waals surface area contributed by atoms with Crippen LogP contribution in [0.2, 0.25) is 0 Å². The largest absolute Gasteiger partial charge is 0.355 e. The van der Waals surface area contributed by atoms with Crippen LogP contribution >= 0.6 is 0 Å². The van der Waals surface area contributed by atoms with Crippen LogP contribution in [0.5, 0.6) is 0 Å². The second-order valence-electron chi connectivity index (χ2n) is 2.52. The van der Waals surface area contributed by atoms with Crippen molar-refractivity contribution in [1.29, 1.82) is 5.41 Å². The van der Waals surface area contributed by atoms with Crippen molar-refractivity contribution in [2.45, 2.75) is 19.9 Å². The fourth-order valence-electron chi connectivity index (χ4n) is 0.792. The molecule has 0 heterocycles. The first-order chi connectivity index (χ1) is 4.09. The van der Waals surface area contributed by atoms with Gasteiger partial charge in [0.25, 0.3) is 0 Å². The van der Waals surface area contributed by atoms with Gasteiger partial charge in [0.2, 0.25) is 0 Å². The van der Waals surface area contributed by atoms with Crippen LogP contribution in [0.3, 0.4) is 0 Å². The molecular formula is C7H15N2+. The molecule has 52 valence electrons. The van der Waals surface area contributed by atoms with E-state index in [1.54, 1.807) is 0 Å². The summed E-state index contributed by atoms with van der Waals surface area (Å²) in [5.41, 5.74) is 4.84. The fourth-order valence-corrected chi connectivity index (χ4v) is 0.792. The molecule has 2 unspecified atom stereocenters. The molecule has 0 amide bonds. The van der Waals surface area contributed by atoms with Crippen LogP contribution in [-0.2, 0) is 0 Å². The highest BCUT2D eigenvalue weighted by molar-refractivity contribution is 5.61. The van der Waals surface area contributed by atoms with E-state index in [0.29, 0.717) is 0 Å². The van der Waals surface area contributed by atoms with Gasteiger partial charge in [0.05, 0.1) is 12.0 Å². The smallest absolute Gasteiger partial charge is 0.0931 e. The molecule has 2 heteroatoms. The highest BCUT2D eigenvalue weighted by Gasteiger charge is 2.13. The third-order valence-corrected chi connectivity index (χ3v) is 1.36.